The van der Waals surface area contributed by atoms with Gasteiger partial charge in [-0.05, 0) is 59.5 Å². The molecule has 0 atom stereocenters. The van der Waals surface area contributed by atoms with Crippen molar-refractivity contribution in [2.24, 2.45) is 4.99 Å². The second kappa shape index (κ2) is 9.73. The molecular weight excluding hydrogens is 378 g/mol. The minimum atomic E-state index is 0.828. The minimum absolute atomic E-state index is 0.828. The first-order valence-corrected chi connectivity index (χ1v) is 10.4. The normalized spacial score (nSPS) is 11.9. The molecule has 0 bridgehead atoms. The Balaban J connectivity index is 1.82. The van der Waals surface area contributed by atoms with Crippen molar-refractivity contribution < 1.29 is 4.74 Å². The molecule has 2 heteroatoms. The average Bonchev–Trinajstić information content (AvgIpc) is 2.84. The highest BCUT2D eigenvalue weighted by Gasteiger charge is 2.12. The topological polar surface area (TPSA) is 21.6 Å². The number of nitrogens with zero attached hydrogens (tertiary/aromatic N) is 1. The van der Waals surface area contributed by atoms with Crippen LogP contribution in [0, 0.1) is 0 Å². The van der Waals surface area contributed by atoms with Crippen LogP contribution in [0.15, 0.2) is 114 Å². The summed E-state index contributed by atoms with van der Waals surface area (Å²) in [4.78, 5) is 4.88. The lowest BCUT2D eigenvalue weighted by Gasteiger charge is -2.14. The maximum absolute atomic E-state index is 5.26. The zero-order valence-electron chi connectivity index (χ0n) is 17.8. The van der Waals surface area contributed by atoms with Gasteiger partial charge in [0.1, 0.15) is 5.75 Å². The third-order valence-electron chi connectivity index (χ3n) is 5.17. The quantitative estimate of drug-likeness (QED) is 0.242. The predicted molar refractivity (Wildman–Crippen MR) is 131 cm³/mol. The Labute approximate surface area is 184 Å². The molecule has 0 aliphatic rings. The van der Waals surface area contributed by atoms with Gasteiger partial charge in [0.15, 0.2) is 0 Å². The van der Waals surface area contributed by atoms with Gasteiger partial charge in [-0.3, -0.25) is 4.99 Å². The third kappa shape index (κ3) is 4.99. The van der Waals surface area contributed by atoms with E-state index in [4.69, 9.17) is 9.73 Å². The van der Waals surface area contributed by atoms with Crippen molar-refractivity contribution in [3.8, 4) is 5.75 Å². The molecule has 4 rings (SSSR count). The molecule has 0 amide bonds. The summed E-state index contributed by atoms with van der Waals surface area (Å²) in [5.74, 6) is 0.828. The SMILES string of the molecule is COc1ccc(N=C(C)c2ccccc2/C(=C\c2ccccc2)c2ccccc2)cc1. The maximum Gasteiger partial charge on any atom is 0.119 e. The molecule has 0 aromatic heterocycles. The van der Waals surface area contributed by atoms with Gasteiger partial charge in [0.2, 0.25) is 0 Å². The molecule has 0 fully saturated rings. The number of rotatable bonds is 6. The Kier molecular flexibility index (Phi) is 6.39. The molecule has 0 radical (unpaired) electrons. The Bertz CT molecular complexity index is 1190. The van der Waals surface area contributed by atoms with Crippen LogP contribution >= 0.6 is 0 Å². The first kappa shape index (κ1) is 20.4. The Morgan fingerprint density at radius 3 is 1.90 bits per heavy atom. The number of hydrogen-bond donors (Lipinski definition) is 0. The van der Waals surface area contributed by atoms with E-state index in [9.17, 15) is 0 Å². The predicted octanol–water partition coefficient (Wildman–Crippen LogP) is 7.42. The van der Waals surface area contributed by atoms with Gasteiger partial charge in [0.25, 0.3) is 0 Å². The zero-order valence-corrected chi connectivity index (χ0v) is 17.8. The highest BCUT2D eigenvalue weighted by atomic mass is 16.5. The third-order valence-corrected chi connectivity index (χ3v) is 5.17. The van der Waals surface area contributed by atoms with Gasteiger partial charge in [-0.2, -0.15) is 0 Å². The van der Waals surface area contributed by atoms with Crippen LogP contribution in [0.1, 0.15) is 29.2 Å². The summed E-state index contributed by atoms with van der Waals surface area (Å²) >= 11 is 0. The monoisotopic (exact) mass is 403 g/mol. The fourth-order valence-corrected chi connectivity index (χ4v) is 3.59. The summed E-state index contributed by atoms with van der Waals surface area (Å²) < 4.78 is 5.26. The van der Waals surface area contributed by atoms with E-state index in [1.807, 2.05) is 36.4 Å². The summed E-state index contributed by atoms with van der Waals surface area (Å²) in [5, 5.41) is 0. The second-order valence-corrected chi connectivity index (χ2v) is 7.28. The van der Waals surface area contributed by atoms with E-state index in [2.05, 4.69) is 85.8 Å². The van der Waals surface area contributed by atoms with E-state index in [1.54, 1.807) is 7.11 Å². The number of methoxy groups -OCH3 is 1. The van der Waals surface area contributed by atoms with Crippen molar-refractivity contribution in [2.45, 2.75) is 6.92 Å². The van der Waals surface area contributed by atoms with Crippen LogP contribution in [0.2, 0.25) is 0 Å². The molecule has 4 aromatic carbocycles. The summed E-state index contributed by atoms with van der Waals surface area (Å²) in [7, 11) is 1.67. The largest absolute Gasteiger partial charge is 0.497 e. The van der Waals surface area contributed by atoms with E-state index in [1.165, 1.54) is 16.7 Å². The lowest BCUT2D eigenvalue weighted by Crippen LogP contribution is -2.01. The number of aliphatic imine (C=N–C) groups is 1. The molecule has 0 unspecified atom stereocenters. The smallest absolute Gasteiger partial charge is 0.119 e. The van der Waals surface area contributed by atoms with Crippen molar-refractivity contribution in [1.82, 2.24) is 0 Å². The molecule has 0 saturated carbocycles. The molecule has 0 aliphatic carbocycles. The number of ether oxygens (including phenoxy) is 1. The van der Waals surface area contributed by atoms with Crippen molar-refractivity contribution in [1.29, 1.82) is 0 Å². The molecule has 31 heavy (non-hydrogen) atoms. The van der Waals surface area contributed by atoms with E-state index in [-0.39, 0.29) is 0 Å². The van der Waals surface area contributed by atoms with Gasteiger partial charge in [-0.1, -0.05) is 84.9 Å². The molecule has 0 saturated heterocycles. The van der Waals surface area contributed by atoms with Crippen molar-refractivity contribution in [2.75, 3.05) is 7.11 Å². The van der Waals surface area contributed by atoms with E-state index >= 15 is 0 Å². The lowest BCUT2D eigenvalue weighted by molar-refractivity contribution is 0.415. The van der Waals surface area contributed by atoms with Gasteiger partial charge in [-0.25, -0.2) is 0 Å². The molecule has 2 nitrogen and oxygen atoms in total. The zero-order chi connectivity index (χ0) is 21.5. The van der Waals surface area contributed by atoms with Crippen molar-refractivity contribution >= 4 is 23.0 Å². The van der Waals surface area contributed by atoms with Crippen molar-refractivity contribution in [3.05, 3.63) is 131 Å². The van der Waals surface area contributed by atoms with Crippen LogP contribution in [0.4, 0.5) is 5.69 Å². The van der Waals surface area contributed by atoms with Gasteiger partial charge >= 0.3 is 0 Å². The molecule has 0 heterocycles. The molecule has 0 N–H and O–H groups in total. The van der Waals surface area contributed by atoms with Crippen LogP contribution in [-0.2, 0) is 0 Å². The van der Waals surface area contributed by atoms with Crippen LogP contribution in [0.5, 0.6) is 5.75 Å². The fraction of sp³-hybridized carbons (Fsp3) is 0.0690. The molecule has 0 spiro atoms. The molecular formula is C29H25NO. The maximum atomic E-state index is 5.26. The standard InChI is InChI=1S/C29H25NO/c1-22(30-25-17-19-26(31-2)20-18-25)27-15-9-10-16-28(27)29(24-13-7-4-8-14-24)21-23-11-5-3-6-12-23/h3-21H,1-2H3/b29-21-,30-22?. The van der Waals surface area contributed by atoms with Gasteiger partial charge in [0, 0.05) is 11.3 Å². The van der Waals surface area contributed by atoms with Crippen LogP contribution in [-0.4, -0.2) is 12.8 Å². The lowest BCUT2D eigenvalue weighted by atomic mass is 9.90. The van der Waals surface area contributed by atoms with Crippen LogP contribution < -0.4 is 4.74 Å². The van der Waals surface area contributed by atoms with Gasteiger partial charge in [-0.15, -0.1) is 0 Å². The second-order valence-electron chi connectivity index (χ2n) is 7.28. The highest BCUT2D eigenvalue weighted by Crippen LogP contribution is 2.30. The first-order chi connectivity index (χ1) is 15.2. The fourth-order valence-electron chi connectivity index (χ4n) is 3.59. The Hall–Kier alpha value is -3.91. The summed E-state index contributed by atoms with van der Waals surface area (Å²) in [6.45, 7) is 2.06. The van der Waals surface area contributed by atoms with E-state index in [0.29, 0.717) is 0 Å². The van der Waals surface area contributed by atoms with Crippen LogP contribution in [0.25, 0.3) is 11.6 Å². The van der Waals surface area contributed by atoms with Crippen LogP contribution in [0.3, 0.4) is 0 Å². The van der Waals surface area contributed by atoms with E-state index in [0.717, 1.165) is 28.3 Å². The summed E-state index contributed by atoms with van der Waals surface area (Å²) in [6.07, 6.45) is 2.24. The average molecular weight is 404 g/mol. The van der Waals surface area contributed by atoms with Gasteiger partial charge in [0.05, 0.1) is 12.8 Å². The Morgan fingerprint density at radius 1 is 0.677 bits per heavy atom. The summed E-state index contributed by atoms with van der Waals surface area (Å²) in [6, 6.07) is 37.2. The molecule has 4 aromatic rings. The minimum Gasteiger partial charge on any atom is -0.497 e. The number of benzene rings is 4. The highest BCUT2D eigenvalue weighted by molar-refractivity contribution is 6.07. The summed E-state index contributed by atoms with van der Waals surface area (Å²) in [5.41, 5.74) is 7.66. The Morgan fingerprint density at radius 2 is 1.26 bits per heavy atom. The molecule has 152 valence electrons. The molecule has 0 aliphatic heterocycles. The van der Waals surface area contributed by atoms with E-state index < -0.39 is 0 Å². The first-order valence-electron chi connectivity index (χ1n) is 10.4. The number of hydrogen-bond acceptors (Lipinski definition) is 2. The van der Waals surface area contributed by atoms with Crippen molar-refractivity contribution in [3.63, 3.8) is 0 Å². The van der Waals surface area contributed by atoms with Gasteiger partial charge < -0.3 is 4.74 Å².